The number of nitro benzene ring substituents is 1. The van der Waals surface area contributed by atoms with Crippen molar-refractivity contribution in [1.82, 2.24) is 5.32 Å². The third-order valence-electron chi connectivity index (χ3n) is 6.47. The number of rotatable bonds is 7. The first-order chi connectivity index (χ1) is 19.3. The highest BCUT2D eigenvalue weighted by Gasteiger charge is 2.24. The van der Waals surface area contributed by atoms with Crippen LogP contribution >= 0.6 is 12.2 Å². The second-order valence-electron chi connectivity index (χ2n) is 9.08. The highest BCUT2D eigenvalue weighted by atomic mass is 32.1. The Morgan fingerprint density at radius 1 is 1.00 bits per heavy atom. The number of fused-ring (bicyclic) bond motifs is 1. The van der Waals surface area contributed by atoms with Gasteiger partial charge < -0.3 is 24.7 Å². The molecule has 0 unspecified atom stereocenters. The number of amides is 2. The summed E-state index contributed by atoms with van der Waals surface area (Å²) in [6, 6.07) is 18.2. The predicted molar refractivity (Wildman–Crippen MR) is 155 cm³/mol. The quantitative estimate of drug-likeness (QED) is 0.156. The molecule has 1 saturated heterocycles. The molecule has 0 saturated carbocycles. The molecule has 0 atom stereocenters. The van der Waals surface area contributed by atoms with Crippen LogP contribution in [0.15, 0.2) is 71.1 Å². The van der Waals surface area contributed by atoms with Gasteiger partial charge in [-0.15, -0.1) is 0 Å². The molecule has 0 bridgehead atoms. The Kier molecular flexibility index (Phi) is 7.60. The van der Waals surface area contributed by atoms with E-state index in [1.54, 1.807) is 42.5 Å². The lowest BCUT2D eigenvalue weighted by molar-refractivity contribution is -0.384. The average Bonchev–Trinajstić information content (AvgIpc) is 3.64. The van der Waals surface area contributed by atoms with Crippen molar-refractivity contribution in [3.05, 3.63) is 88.2 Å². The fourth-order valence-electron chi connectivity index (χ4n) is 4.52. The summed E-state index contributed by atoms with van der Waals surface area (Å²) in [7, 11) is 1.45. The van der Waals surface area contributed by atoms with Crippen LogP contribution < -0.4 is 25.6 Å². The fourth-order valence-corrected chi connectivity index (χ4v) is 4.73. The number of methoxy groups -OCH3 is 1. The van der Waals surface area contributed by atoms with Gasteiger partial charge in [0.25, 0.3) is 17.5 Å². The molecule has 0 radical (unpaired) electrons. The van der Waals surface area contributed by atoms with E-state index < -0.39 is 16.7 Å². The molecule has 1 fully saturated rings. The number of ether oxygens (including phenoxy) is 1. The zero-order valence-electron chi connectivity index (χ0n) is 21.4. The Balaban J connectivity index is 1.24. The molecule has 0 aliphatic carbocycles. The van der Waals surface area contributed by atoms with Crippen molar-refractivity contribution in [2.45, 2.75) is 12.8 Å². The summed E-state index contributed by atoms with van der Waals surface area (Å²) in [4.78, 5) is 38.7. The number of carbonyl (C=O) groups excluding carboxylic acids is 2. The van der Waals surface area contributed by atoms with E-state index in [2.05, 4.69) is 16.0 Å². The van der Waals surface area contributed by atoms with Gasteiger partial charge in [0, 0.05) is 41.9 Å². The van der Waals surface area contributed by atoms with Crippen molar-refractivity contribution in [3.8, 4) is 5.75 Å². The summed E-state index contributed by atoms with van der Waals surface area (Å²) >= 11 is 5.28. The predicted octanol–water partition coefficient (Wildman–Crippen LogP) is 5.33. The number of nitrogens with one attached hydrogen (secondary N) is 3. The number of nitro groups is 1. The van der Waals surface area contributed by atoms with Crippen molar-refractivity contribution in [2.75, 3.05) is 35.7 Å². The molecule has 4 aromatic rings. The number of carbonyl (C=O) groups is 2. The normalized spacial score (nSPS) is 12.7. The second kappa shape index (κ2) is 11.4. The van der Waals surface area contributed by atoms with Gasteiger partial charge in [-0.1, -0.05) is 18.2 Å². The first-order valence-corrected chi connectivity index (χ1v) is 12.9. The first kappa shape index (κ1) is 26.6. The minimum absolute atomic E-state index is 0.0163. The molecule has 2 heterocycles. The maximum absolute atomic E-state index is 12.8. The fraction of sp³-hybridized carbons (Fsp3) is 0.179. The Morgan fingerprint density at radius 2 is 1.77 bits per heavy atom. The molecule has 3 aromatic carbocycles. The molecule has 2 amide bonds. The van der Waals surface area contributed by atoms with E-state index in [4.69, 9.17) is 21.4 Å². The summed E-state index contributed by atoms with van der Waals surface area (Å²) in [6.45, 7) is 1.48. The van der Waals surface area contributed by atoms with Gasteiger partial charge in [-0.05, 0) is 61.5 Å². The van der Waals surface area contributed by atoms with Crippen molar-refractivity contribution in [2.24, 2.45) is 0 Å². The lowest BCUT2D eigenvalue weighted by Gasteiger charge is -2.18. The van der Waals surface area contributed by atoms with Crippen LogP contribution in [0, 0.1) is 10.1 Å². The van der Waals surface area contributed by atoms with E-state index in [-0.39, 0.29) is 22.1 Å². The van der Waals surface area contributed by atoms with E-state index in [0.717, 1.165) is 31.3 Å². The summed E-state index contributed by atoms with van der Waals surface area (Å²) < 4.78 is 11.0. The molecule has 5 rings (SSSR count). The molecule has 204 valence electrons. The molecular formula is C28H25N5O6S. The zero-order valence-corrected chi connectivity index (χ0v) is 22.2. The minimum Gasteiger partial charge on any atom is -0.494 e. The number of hydrogen-bond acceptors (Lipinski definition) is 8. The number of nitrogens with zero attached hydrogens (tertiary/aromatic N) is 2. The van der Waals surface area contributed by atoms with Gasteiger partial charge in [0.1, 0.15) is 17.0 Å². The van der Waals surface area contributed by atoms with Gasteiger partial charge in [0.15, 0.2) is 10.9 Å². The smallest absolute Gasteiger partial charge is 0.293 e. The standard InChI is InChI=1S/C28H25N5O6S/c1-38-24-16-19(9-10-20(24)30-27(35)25-15-17-6-2-3-7-23(17)39-25)29-28(40)31-26(34)18-8-11-21(22(14-18)33(36)37)32-12-4-5-13-32/h2-3,6-11,14-16H,4-5,12-13H2,1H3,(H,30,35)(H2,29,31,34,40). The molecule has 1 aromatic heterocycles. The van der Waals surface area contributed by atoms with Crippen LogP contribution in [0.1, 0.15) is 33.8 Å². The van der Waals surface area contributed by atoms with E-state index in [0.29, 0.717) is 28.4 Å². The SMILES string of the molecule is COc1cc(NC(=S)NC(=O)c2ccc(N3CCCC3)c([N+](=O)[O-])c2)ccc1NC(=O)c1cc2ccccc2o1. The molecule has 40 heavy (non-hydrogen) atoms. The molecule has 3 N–H and O–H groups in total. The van der Waals surface area contributed by atoms with Crippen LogP contribution in [0.5, 0.6) is 5.75 Å². The maximum Gasteiger partial charge on any atom is 0.293 e. The number of benzene rings is 3. The van der Waals surface area contributed by atoms with Gasteiger partial charge >= 0.3 is 0 Å². The zero-order chi connectivity index (χ0) is 28.2. The third kappa shape index (κ3) is 5.71. The van der Waals surface area contributed by atoms with Crippen LogP contribution in [-0.4, -0.2) is 42.0 Å². The van der Waals surface area contributed by atoms with E-state index in [1.165, 1.54) is 13.2 Å². The number of hydrogen-bond donors (Lipinski definition) is 3. The summed E-state index contributed by atoms with van der Waals surface area (Å²) in [5.74, 6) is -0.530. The van der Waals surface area contributed by atoms with Crippen LogP contribution in [0.4, 0.5) is 22.7 Å². The summed E-state index contributed by atoms with van der Waals surface area (Å²) in [6.07, 6.45) is 1.94. The first-order valence-electron chi connectivity index (χ1n) is 12.5. The lowest BCUT2D eigenvalue weighted by atomic mass is 10.1. The Bertz CT molecular complexity index is 1600. The van der Waals surface area contributed by atoms with Gasteiger partial charge in [-0.25, -0.2) is 0 Å². The highest BCUT2D eigenvalue weighted by molar-refractivity contribution is 7.80. The molecule has 12 heteroatoms. The number of para-hydroxylation sites is 1. The van der Waals surface area contributed by atoms with Gasteiger partial charge in [0.2, 0.25) is 0 Å². The Labute approximate surface area is 234 Å². The van der Waals surface area contributed by atoms with E-state index in [9.17, 15) is 19.7 Å². The minimum atomic E-state index is -0.588. The van der Waals surface area contributed by atoms with Crippen molar-refractivity contribution >= 4 is 62.9 Å². The largest absolute Gasteiger partial charge is 0.494 e. The van der Waals surface area contributed by atoms with Crippen LogP contribution in [0.25, 0.3) is 11.0 Å². The van der Waals surface area contributed by atoms with Crippen LogP contribution in [0.2, 0.25) is 0 Å². The average molecular weight is 560 g/mol. The topological polar surface area (TPSA) is 139 Å². The van der Waals surface area contributed by atoms with Crippen LogP contribution in [-0.2, 0) is 0 Å². The third-order valence-corrected chi connectivity index (χ3v) is 6.67. The molecule has 1 aliphatic heterocycles. The monoisotopic (exact) mass is 559 g/mol. The Morgan fingerprint density at radius 3 is 2.50 bits per heavy atom. The molecule has 11 nitrogen and oxygen atoms in total. The van der Waals surface area contributed by atoms with Crippen LogP contribution in [0.3, 0.4) is 0 Å². The van der Waals surface area contributed by atoms with E-state index >= 15 is 0 Å². The Hall–Kier alpha value is -4.97. The number of thiocarbonyl (C=S) groups is 1. The van der Waals surface area contributed by atoms with Crippen molar-refractivity contribution in [3.63, 3.8) is 0 Å². The maximum atomic E-state index is 12.8. The van der Waals surface area contributed by atoms with Gasteiger partial charge in [-0.2, -0.15) is 0 Å². The van der Waals surface area contributed by atoms with Gasteiger partial charge in [-0.3, -0.25) is 25.0 Å². The number of anilines is 3. The second-order valence-corrected chi connectivity index (χ2v) is 9.49. The van der Waals surface area contributed by atoms with Crippen molar-refractivity contribution < 1.29 is 23.7 Å². The number of furan rings is 1. The van der Waals surface area contributed by atoms with Gasteiger partial charge in [0.05, 0.1) is 17.7 Å². The summed E-state index contributed by atoms with van der Waals surface area (Å²) in [5.41, 5.74) is 1.97. The molecular weight excluding hydrogens is 534 g/mol. The molecule has 0 spiro atoms. The highest BCUT2D eigenvalue weighted by Crippen LogP contribution is 2.32. The lowest BCUT2D eigenvalue weighted by Crippen LogP contribution is -2.34. The van der Waals surface area contributed by atoms with E-state index in [1.807, 2.05) is 23.1 Å². The molecule has 1 aliphatic rings. The summed E-state index contributed by atoms with van der Waals surface area (Å²) in [5, 5.41) is 20.6. The van der Waals surface area contributed by atoms with Crippen molar-refractivity contribution in [1.29, 1.82) is 0 Å².